The SMILES string of the molecule is C[Si](C)(C)CCOCn1cc(Cc2ccncc2F)nc1C=O. The molecule has 0 aromatic carbocycles. The maximum Gasteiger partial charge on any atom is 0.185 e. The summed E-state index contributed by atoms with van der Waals surface area (Å²) in [6, 6.07) is 2.67. The number of ether oxygens (including phenoxy) is 1. The van der Waals surface area contributed by atoms with Gasteiger partial charge in [0.2, 0.25) is 0 Å². The lowest BCUT2D eigenvalue weighted by atomic mass is 10.1. The Hall–Kier alpha value is -1.86. The van der Waals surface area contributed by atoms with Gasteiger partial charge in [0.15, 0.2) is 12.1 Å². The molecule has 0 N–H and O–H groups in total. The Balaban J connectivity index is 2.00. The van der Waals surface area contributed by atoms with Crippen LogP contribution in [-0.2, 0) is 17.9 Å². The second-order valence-corrected chi connectivity index (χ2v) is 12.3. The minimum absolute atomic E-state index is 0.282. The van der Waals surface area contributed by atoms with E-state index in [0.29, 0.717) is 36.4 Å². The van der Waals surface area contributed by atoms with E-state index in [1.54, 1.807) is 16.8 Å². The van der Waals surface area contributed by atoms with E-state index in [1.165, 1.54) is 12.4 Å². The Bertz CT molecular complexity index is 668. The predicted octanol–water partition coefficient (Wildman–Crippen LogP) is 3.13. The molecule has 2 heterocycles. The monoisotopic (exact) mass is 335 g/mol. The molecule has 0 atom stereocenters. The summed E-state index contributed by atoms with van der Waals surface area (Å²) >= 11 is 0. The van der Waals surface area contributed by atoms with Gasteiger partial charge in [0.1, 0.15) is 12.5 Å². The molecule has 0 aliphatic rings. The van der Waals surface area contributed by atoms with Crippen LogP contribution in [0.2, 0.25) is 25.7 Å². The molecule has 5 nitrogen and oxygen atoms in total. The molecule has 0 unspecified atom stereocenters. The van der Waals surface area contributed by atoms with Gasteiger partial charge in [-0.1, -0.05) is 19.6 Å². The summed E-state index contributed by atoms with van der Waals surface area (Å²) < 4.78 is 20.9. The Morgan fingerprint density at radius 3 is 2.83 bits per heavy atom. The van der Waals surface area contributed by atoms with Crippen LogP contribution in [0, 0.1) is 5.82 Å². The first-order valence-corrected chi connectivity index (χ1v) is 11.3. The number of hydrogen-bond acceptors (Lipinski definition) is 4. The highest BCUT2D eigenvalue weighted by Crippen LogP contribution is 2.13. The molecule has 2 aromatic rings. The summed E-state index contributed by atoms with van der Waals surface area (Å²) in [5.74, 6) is -0.0800. The van der Waals surface area contributed by atoms with Crippen LogP contribution in [0.3, 0.4) is 0 Å². The summed E-state index contributed by atoms with van der Waals surface area (Å²) in [4.78, 5) is 19.1. The lowest BCUT2D eigenvalue weighted by Crippen LogP contribution is -2.22. The van der Waals surface area contributed by atoms with E-state index in [2.05, 4.69) is 29.6 Å². The van der Waals surface area contributed by atoms with E-state index < -0.39 is 8.07 Å². The second kappa shape index (κ2) is 7.61. The molecule has 0 fully saturated rings. The highest BCUT2D eigenvalue weighted by molar-refractivity contribution is 6.76. The molecule has 0 bridgehead atoms. The summed E-state index contributed by atoms with van der Waals surface area (Å²) in [6.07, 6.45) is 5.45. The normalized spacial score (nSPS) is 11.7. The van der Waals surface area contributed by atoms with Crippen LogP contribution in [-0.4, -0.2) is 35.5 Å². The highest BCUT2D eigenvalue weighted by atomic mass is 28.3. The number of halogens is 1. The third-order valence-electron chi connectivity index (χ3n) is 3.42. The number of aldehydes is 1. The van der Waals surface area contributed by atoms with E-state index in [4.69, 9.17) is 4.74 Å². The summed E-state index contributed by atoms with van der Waals surface area (Å²) in [7, 11) is -1.14. The number of imidazole rings is 1. The molecule has 23 heavy (non-hydrogen) atoms. The first-order valence-electron chi connectivity index (χ1n) is 7.56. The first-order chi connectivity index (χ1) is 10.9. The number of carbonyl (C=O) groups is 1. The molecule has 0 spiro atoms. The van der Waals surface area contributed by atoms with Crippen molar-refractivity contribution in [1.82, 2.24) is 14.5 Å². The molecule has 0 amide bonds. The minimum atomic E-state index is -1.14. The molecule has 0 aliphatic heterocycles. The molecular weight excluding hydrogens is 313 g/mol. The smallest absolute Gasteiger partial charge is 0.185 e. The molecule has 7 heteroatoms. The van der Waals surface area contributed by atoms with Crippen LogP contribution in [0.5, 0.6) is 0 Å². The van der Waals surface area contributed by atoms with Crippen molar-refractivity contribution in [3.05, 3.63) is 47.6 Å². The van der Waals surface area contributed by atoms with Gasteiger partial charge in [-0.3, -0.25) is 9.78 Å². The Morgan fingerprint density at radius 1 is 1.39 bits per heavy atom. The molecule has 2 rings (SSSR count). The molecule has 0 aliphatic carbocycles. The molecule has 124 valence electrons. The predicted molar refractivity (Wildman–Crippen MR) is 88.7 cm³/mol. The summed E-state index contributed by atoms with van der Waals surface area (Å²) in [5.41, 5.74) is 1.13. The third-order valence-corrected chi connectivity index (χ3v) is 5.12. The number of hydrogen-bond donors (Lipinski definition) is 0. The average Bonchev–Trinajstić information content (AvgIpc) is 2.87. The van der Waals surface area contributed by atoms with Gasteiger partial charge in [0, 0.05) is 33.5 Å². The molecule has 2 aromatic heterocycles. The zero-order valence-electron chi connectivity index (χ0n) is 13.8. The minimum Gasteiger partial charge on any atom is -0.361 e. The fourth-order valence-corrected chi connectivity index (χ4v) is 2.81. The van der Waals surface area contributed by atoms with Crippen molar-refractivity contribution >= 4 is 14.4 Å². The number of carbonyl (C=O) groups excluding carboxylic acids is 1. The van der Waals surface area contributed by atoms with Crippen molar-refractivity contribution in [1.29, 1.82) is 0 Å². The van der Waals surface area contributed by atoms with Crippen LogP contribution < -0.4 is 0 Å². The average molecular weight is 335 g/mol. The van der Waals surface area contributed by atoms with E-state index in [1.807, 2.05) is 0 Å². The van der Waals surface area contributed by atoms with Gasteiger partial charge in [-0.15, -0.1) is 0 Å². The zero-order chi connectivity index (χ0) is 16.9. The molecule has 0 saturated heterocycles. The van der Waals surface area contributed by atoms with E-state index in [9.17, 15) is 9.18 Å². The van der Waals surface area contributed by atoms with E-state index in [0.717, 1.165) is 6.04 Å². The Labute approximate surface area is 136 Å². The number of aromatic nitrogens is 3. The largest absolute Gasteiger partial charge is 0.361 e. The number of rotatable bonds is 8. The van der Waals surface area contributed by atoms with Crippen molar-refractivity contribution in [3.63, 3.8) is 0 Å². The van der Waals surface area contributed by atoms with Crippen molar-refractivity contribution < 1.29 is 13.9 Å². The lowest BCUT2D eigenvalue weighted by Gasteiger charge is -2.15. The molecular formula is C16H22FN3O2Si. The summed E-state index contributed by atoms with van der Waals surface area (Å²) in [5, 5.41) is 0. The van der Waals surface area contributed by atoms with Gasteiger partial charge in [-0.25, -0.2) is 9.37 Å². The van der Waals surface area contributed by atoms with Crippen molar-refractivity contribution in [2.24, 2.45) is 0 Å². The number of nitrogens with zero attached hydrogens (tertiary/aromatic N) is 3. The highest BCUT2D eigenvalue weighted by Gasteiger charge is 2.13. The first kappa shape index (κ1) is 17.5. The topological polar surface area (TPSA) is 57.0 Å². The van der Waals surface area contributed by atoms with Crippen LogP contribution >= 0.6 is 0 Å². The van der Waals surface area contributed by atoms with Crippen molar-refractivity contribution in [2.75, 3.05) is 6.61 Å². The zero-order valence-corrected chi connectivity index (χ0v) is 14.8. The van der Waals surface area contributed by atoms with Crippen molar-refractivity contribution in [2.45, 2.75) is 38.8 Å². The Kier molecular flexibility index (Phi) is 5.78. The summed E-state index contributed by atoms with van der Waals surface area (Å²) in [6.45, 7) is 7.80. The standard InChI is InChI=1S/C16H22FN3O2Si/c1-23(2,3)7-6-22-12-20-10-14(19-16(20)11-21)8-13-4-5-18-9-15(13)17/h4-5,9-11H,6-8,12H2,1-3H3. The van der Waals surface area contributed by atoms with Gasteiger partial charge in [0.05, 0.1) is 11.9 Å². The van der Waals surface area contributed by atoms with Crippen LogP contribution in [0.25, 0.3) is 0 Å². The fourth-order valence-electron chi connectivity index (χ4n) is 2.05. The van der Waals surface area contributed by atoms with Gasteiger partial charge < -0.3 is 9.30 Å². The van der Waals surface area contributed by atoms with Gasteiger partial charge in [-0.05, 0) is 17.7 Å². The molecule has 0 radical (unpaired) electrons. The van der Waals surface area contributed by atoms with Crippen LogP contribution in [0.1, 0.15) is 21.9 Å². The fraction of sp³-hybridized carbons (Fsp3) is 0.438. The van der Waals surface area contributed by atoms with Crippen molar-refractivity contribution in [3.8, 4) is 0 Å². The quantitative estimate of drug-likeness (QED) is 0.422. The Morgan fingerprint density at radius 2 is 2.17 bits per heavy atom. The number of pyridine rings is 1. The maximum atomic E-state index is 13.6. The van der Waals surface area contributed by atoms with Gasteiger partial charge in [0.25, 0.3) is 0 Å². The van der Waals surface area contributed by atoms with Gasteiger partial charge in [-0.2, -0.15) is 0 Å². The van der Waals surface area contributed by atoms with E-state index in [-0.39, 0.29) is 12.5 Å². The maximum absolute atomic E-state index is 13.6. The van der Waals surface area contributed by atoms with Gasteiger partial charge >= 0.3 is 0 Å². The lowest BCUT2D eigenvalue weighted by molar-refractivity contribution is 0.0831. The van der Waals surface area contributed by atoms with Crippen LogP contribution in [0.4, 0.5) is 4.39 Å². The van der Waals surface area contributed by atoms with E-state index >= 15 is 0 Å². The molecule has 0 saturated carbocycles. The van der Waals surface area contributed by atoms with Crippen LogP contribution in [0.15, 0.2) is 24.7 Å². The second-order valence-electron chi connectivity index (χ2n) is 6.67. The third kappa shape index (κ3) is 5.37.